The standard InChI is InChI=1S/C28H28N10/c1-17-3-2-4-24(32-17)27-21(15-31-35-27)22-9-10-23-25(33-22)13-20(14-30-23)37-11-12-38-26(16-37)34-28(36-38)18-5-7-19(29)8-6-18/h2-5,9-10,13-15,19H,6-8,11-12,16,29H2,1H3,(H,31,35). The summed E-state index contributed by atoms with van der Waals surface area (Å²) >= 11 is 0. The number of nitrogens with zero attached hydrogens (tertiary/aromatic N) is 8. The minimum absolute atomic E-state index is 0.250. The van der Waals surface area contributed by atoms with Crippen LogP contribution in [0.25, 0.3) is 39.3 Å². The number of hydrogen-bond acceptors (Lipinski definition) is 8. The fourth-order valence-electron chi connectivity index (χ4n) is 5.22. The third kappa shape index (κ3) is 4.12. The van der Waals surface area contributed by atoms with Gasteiger partial charge in [-0.3, -0.25) is 15.1 Å². The summed E-state index contributed by atoms with van der Waals surface area (Å²) in [6.45, 7) is 4.27. The normalized spacial score (nSPS) is 17.5. The van der Waals surface area contributed by atoms with Gasteiger partial charge in [-0.15, -0.1) is 0 Å². The second-order valence-electron chi connectivity index (χ2n) is 10.0. The highest BCUT2D eigenvalue weighted by Crippen LogP contribution is 2.31. The van der Waals surface area contributed by atoms with E-state index >= 15 is 0 Å². The summed E-state index contributed by atoms with van der Waals surface area (Å²) in [5.41, 5.74) is 14.3. The Morgan fingerprint density at radius 1 is 1.03 bits per heavy atom. The summed E-state index contributed by atoms with van der Waals surface area (Å²) in [6, 6.07) is 12.3. The van der Waals surface area contributed by atoms with Crippen LogP contribution in [0.3, 0.4) is 0 Å². The van der Waals surface area contributed by atoms with Gasteiger partial charge in [0.2, 0.25) is 0 Å². The summed E-state index contributed by atoms with van der Waals surface area (Å²) in [5.74, 6) is 1.81. The fourth-order valence-corrected chi connectivity index (χ4v) is 5.22. The van der Waals surface area contributed by atoms with Gasteiger partial charge in [0.1, 0.15) is 11.5 Å². The highest BCUT2D eigenvalue weighted by molar-refractivity contribution is 5.84. The van der Waals surface area contributed by atoms with E-state index in [1.165, 1.54) is 5.57 Å². The van der Waals surface area contributed by atoms with E-state index in [-0.39, 0.29) is 6.04 Å². The molecule has 190 valence electrons. The predicted molar refractivity (Wildman–Crippen MR) is 146 cm³/mol. The van der Waals surface area contributed by atoms with E-state index in [4.69, 9.17) is 25.8 Å². The molecular weight excluding hydrogens is 476 g/mol. The Kier molecular flexibility index (Phi) is 5.47. The van der Waals surface area contributed by atoms with Crippen LogP contribution in [0.4, 0.5) is 5.69 Å². The highest BCUT2D eigenvalue weighted by atomic mass is 15.4. The maximum Gasteiger partial charge on any atom is 0.177 e. The molecule has 10 heteroatoms. The molecule has 6 heterocycles. The Hall–Kier alpha value is -4.44. The summed E-state index contributed by atoms with van der Waals surface area (Å²) in [4.78, 5) is 21.5. The molecule has 5 aromatic heterocycles. The van der Waals surface area contributed by atoms with Crippen molar-refractivity contribution < 1.29 is 0 Å². The number of anilines is 1. The molecule has 3 N–H and O–H groups in total. The van der Waals surface area contributed by atoms with Gasteiger partial charge in [-0.2, -0.15) is 10.2 Å². The number of H-pyrrole nitrogens is 1. The number of allylic oxidation sites excluding steroid dienone is 1. The predicted octanol–water partition coefficient (Wildman–Crippen LogP) is 3.90. The third-order valence-corrected chi connectivity index (χ3v) is 7.34. The molecule has 0 bridgehead atoms. The van der Waals surface area contributed by atoms with Gasteiger partial charge >= 0.3 is 0 Å². The molecule has 1 aliphatic carbocycles. The van der Waals surface area contributed by atoms with Crippen LogP contribution in [-0.4, -0.2) is 52.5 Å². The van der Waals surface area contributed by atoms with Crippen LogP contribution in [-0.2, 0) is 13.1 Å². The van der Waals surface area contributed by atoms with Gasteiger partial charge in [0.25, 0.3) is 0 Å². The molecule has 38 heavy (non-hydrogen) atoms. The quantitative estimate of drug-likeness (QED) is 0.377. The SMILES string of the molecule is Cc1cccc(-c2n[nH]cc2-c2ccc3ncc(N4CCn5nc(C6=CCC(N)CC6)nc5C4)cc3n2)n1. The van der Waals surface area contributed by atoms with Crippen molar-refractivity contribution in [3.05, 3.63) is 72.2 Å². The number of pyridine rings is 3. The molecule has 0 spiro atoms. The maximum absolute atomic E-state index is 6.05. The zero-order valence-electron chi connectivity index (χ0n) is 21.2. The van der Waals surface area contributed by atoms with E-state index in [1.54, 1.807) is 0 Å². The largest absolute Gasteiger partial charge is 0.361 e. The number of aromatic nitrogens is 8. The van der Waals surface area contributed by atoms with E-state index in [0.29, 0.717) is 6.54 Å². The average molecular weight is 505 g/mol. The Morgan fingerprint density at radius 3 is 2.84 bits per heavy atom. The van der Waals surface area contributed by atoms with Crippen LogP contribution in [0.15, 0.2) is 54.9 Å². The van der Waals surface area contributed by atoms with Crippen LogP contribution >= 0.6 is 0 Å². The van der Waals surface area contributed by atoms with Crippen molar-refractivity contribution in [3.63, 3.8) is 0 Å². The van der Waals surface area contributed by atoms with Crippen LogP contribution in [0.2, 0.25) is 0 Å². The Morgan fingerprint density at radius 2 is 1.97 bits per heavy atom. The topological polar surface area (TPSA) is 127 Å². The third-order valence-electron chi connectivity index (χ3n) is 7.34. The van der Waals surface area contributed by atoms with Gasteiger partial charge in [0, 0.05) is 30.0 Å². The molecule has 0 aromatic carbocycles. The summed E-state index contributed by atoms with van der Waals surface area (Å²) in [6.07, 6.45) is 8.81. The number of hydrogen-bond donors (Lipinski definition) is 2. The van der Waals surface area contributed by atoms with Crippen molar-refractivity contribution in [1.82, 2.24) is 39.9 Å². The lowest BCUT2D eigenvalue weighted by molar-refractivity contribution is 0.512. The number of nitrogens with one attached hydrogen (secondary N) is 1. The maximum atomic E-state index is 6.05. The Balaban J connectivity index is 1.17. The van der Waals surface area contributed by atoms with Crippen LogP contribution < -0.4 is 10.6 Å². The zero-order valence-corrected chi connectivity index (χ0v) is 21.2. The molecule has 5 aromatic rings. The summed E-state index contributed by atoms with van der Waals surface area (Å²) in [7, 11) is 0. The molecule has 0 saturated carbocycles. The molecule has 7 rings (SSSR count). The van der Waals surface area contributed by atoms with Crippen molar-refractivity contribution >= 4 is 22.3 Å². The number of aryl methyl sites for hydroxylation is 1. The number of rotatable bonds is 4. The minimum atomic E-state index is 0.250. The zero-order chi connectivity index (χ0) is 25.6. The molecule has 1 atom stereocenters. The average Bonchev–Trinajstić information content (AvgIpc) is 3.60. The van der Waals surface area contributed by atoms with Crippen molar-refractivity contribution in [2.45, 2.75) is 45.3 Å². The molecule has 0 fully saturated rings. The second kappa shape index (κ2) is 9.14. The first kappa shape index (κ1) is 22.7. The van der Waals surface area contributed by atoms with E-state index < -0.39 is 0 Å². The van der Waals surface area contributed by atoms with Crippen molar-refractivity contribution in [2.24, 2.45) is 5.73 Å². The van der Waals surface area contributed by atoms with E-state index in [1.807, 2.05) is 54.3 Å². The molecule has 10 nitrogen and oxygen atoms in total. The lowest BCUT2D eigenvalue weighted by Crippen LogP contribution is -2.34. The van der Waals surface area contributed by atoms with Crippen molar-refractivity contribution in [3.8, 4) is 22.6 Å². The van der Waals surface area contributed by atoms with E-state index in [0.717, 1.165) is 89.1 Å². The van der Waals surface area contributed by atoms with Gasteiger partial charge in [-0.1, -0.05) is 12.1 Å². The number of fused-ring (bicyclic) bond motifs is 2. The van der Waals surface area contributed by atoms with Gasteiger partial charge in [-0.25, -0.2) is 14.6 Å². The van der Waals surface area contributed by atoms with E-state index in [9.17, 15) is 0 Å². The highest BCUT2D eigenvalue weighted by Gasteiger charge is 2.23. The smallest absolute Gasteiger partial charge is 0.177 e. The van der Waals surface area contributed by atoms with Crippen LogP contribution in [0.1, 0.15) is 36.6 Å². The van der Waals surface area contributed by atoms with Gasteiger partial charge in [0.15, 0.2) is 5.82 Å². The lowest BCUT2D eigenvalue weighted by atomic mass is 9.95. The van der Waals surface area contributed by atoms with Gasteiger partial charge in [-0.05, 0) is 62.1 Å². The summed E-state index contributed by atoms with van der Waals surface area (Å²) < 4.78 is 2.03. The van der Waals surface area contributed by atoms with Crippen LogP contribution in [0, 0.1) is 6.92 Å². The van der Waals surface area contributed by atoms with Crippen molar-refractivity contribution in [2.75, 3.05) is 11.4 Å². The van der Waals surface area contributed by atoms with Crippen molar-refractivity contribution in [1.29, 1.82) is 0 Å². The second-order valence-corrected chi connectivity index (χ2v) is 10.0. The monoisotopic (exact) mass is 504 g/mol. The molecule has 1 unspecified atom stereocenters. The molecule has 0 radical (unpaired) electrons. The molecule has 0 amide bonds. The molecule has 1 aliphatic heterocycles. The first-order valence-corrected chi connectivity index (χ1v) is 13.0. The first-order valence-electron chi connectivity index (χ1n) is 13.0. The van der Waals surface area contributed by atoms with E-state index in [2.05, 4.69) is 32.2 Å². The molecular formula is C28H28N10. The summed E-state index contributed by atoms with van der Waals surface area (Å²) in [5, 5.41) is 12.2. The van der Waals surface area contributed by atoms with Gasteiger partial charge < -0.3 is 10.6 Å². The van der Waals surface area contributed by atoms with Gasteiger partial charge in [0.05, 0.1) is 47.4 Å². The minimum Gasteiger partial charge on any atom is -0.361 e. The Bertz CT molecular complexity index is 1680. The molecule has 2 aliphatic rings. The lowest BCUT2D eigenvalue weighted by Gasteiger charge is -2.28. The first-order chi connectivity index (χ1) is 18.6. The van der Waals surface area contributed by atoms with Crippen LogP contribution in [0.5, 0.6) is 0 Å². The fraction of sp³-hybridized carbons (Fsp3) is 0.286. The Labute approximate surface area is 219 Å². The number of aromatic amines is 1. The molecule has 0 saturated heterocycles. The number of nitrogens with two attached hydrogens (primary N) is 1.